The Hall–Kier alpha value is -2.02. The molecule has 0 unspecified atom stereocenters. The molecule has 0 aromatic heterocycles. The molecule has 0 heterocycles. The molecule has 4 nitrogen and oxygen atoms in total. The number of benzene rings is 1. The molecule has 1 aliphatic carbocycles. The van der Waals surface area contributed by atoms with Gasteiger partial charge in [0.1, 0.15) is 0 Å². The fourth-order valence-electron chi connectivity index (χ4n) is 2.08. The van der Waals surface area contributed by atoms with Crippen LogP contribution in [0.3, 0.4) is 0 Å². The van der Waals surface area contributed by atoms with Crippen LogP contribution in [0.15, 0.2) is 24.3 Å². The standard InChI is InChI=1S/C12H12N2O2/c13-8-9-2-4-10(5-3-9)12(6-1-7-12)14-11(15)16/h2-5,14H,1,6-7H2,(H,15,16). The van der Waals surface area contributed by atoms with Crippen LogP contribution in [0.5, 0.6) is 0 Å². The quantitative estimate of drug-likeness (QED) is 0.795. The van der Waals surface area contributed by atoms with Gasteiger partial charge in [0.25, 0.3) is 0 Å². The number of rotatable bonds is 2. The van der Waals surface area contributed by atoms with Gasteiger partial charge < -0.3 is 10.4 Å². The first kappa shape index (κ1) is 10.5. The van der Waals surface area contributed by atoms with Gasteiger partial charge in [0.05, 0.1) is 17.2 Å². The fourth-order valence-corrected chi connectivity index (χ4v) is 2.08. The van der Waals surface area contributed by atoms with Crippen molar-refractivity contribution in [3.05, 3.63) is 35.4 Å². The Morgan fingerprint density at radius 1 is 1.38 bits per heavy atom. The van der Waals surface area contributed by atoms with Gasteiger partial charge in [-0.15, -0.1) is 0 Å². The van der Waals surface area contributed by atoms with Crippen molar-refractivity contribution in [2.75, 3.05) is 0 Å². The Kier molecular flexibility index (Phi) is 2.53. The SMILES string of the molecule is N#Cc1ccc(C2(NC(=O)O)CCC2)cc1. The molecule has 0 atom stereocenters. The lowest BCUT2D eigenvalue weighted by Gasteiger charge is -2.42. The smallest absolute Gasteiger partial charge is 0.405 e. The molecule has 1 aliphatic rings. The Morgan fingerprint density at radius 2 is 2.00 bits per heavy atom. The van der Waals surface area contributed by atoms with Crippen LogP contribution in [0.2, 0.25) is 0 Å². The molecule has 1 fully saturated rings. The molecule has 1 saturated carbocycles. The van der Waals surface area contributed by atoms with Gasteiger partial charge in [0.2, 0.25) is 0 Å². The summed E-state index contributed by atoms with van der Waals surface area (Å²) in [4.78, 5) is 10.7. The second-order valence-corrected chi connectivity index (χ2v) is 4.05. The van der Waals surface area contributed by atoms with Gasteiger partial charge in [0.15, 0.2) is 0 Å². The third-order valence-electron chi connectivity index (χ3n) is 3.12. The third-order valence-corrected chi connectivity index (χ3v) is 3.12. The summed E-state index contributed by atoms with van der Waals surface area (Å²) in [7, 11) is 0. The summed E-state index contributed by atoms with van der Waals surface area (Å²) in [6.45, 7) is 0. The van der Waals surface area contributed by atoms with Crippen LogP contribution in [0.4, 0.5) is 4.79 Å². The molecule has 2 rings (SSSR count). The van der Waals surface area contributed by atoms with Gasteiger partial charge in [-0.2, -0.15) is 5.26 Å². The Morgan fingerprint density at radius 3 is 2.38 bits per heavy atom. The highest BCUT2D eigenvalue weighted by Gasteiger charge is 2.39. The normalized spacial score (nSPS) is 16.9. The highest BCUT2D eigenvalue weighted by atomic mass is 16.4. The molecule has 1 aromatic rings. The van der Waals surface area contributed by atoms with Gasteiger partial charge in [-0.25, -0.2) is 4.79 Å². The predicted molar refractivity (Wildman–Crippen MR) is 57.8 cm³/mol. The monoisotopic (exact) mass is 216 g/mol. The van der Waals surface area contributed by atoms with E-state index in [1.165, 1.54) is 0 Å². The number of nitrogens with zero attached hydrogens (tertiary/aromatic N) is 1. The van der Waals surface area contributed by atoms with Gasteiger partial charge in [-0.1, -0.05) is 12.1 Å². The lowest BCUT2D eigenvalue weighted by molar-refractivity contribution is 0.144. The Labute approximate surface area is 93.5 Å². The van der Waals surface area contributed by atoms with Crippen molar-refractivity contribution >= 4 is 6.09 Å². The molecule has 1 amide bonds. The van der Waals surface area contributed by atoms with E-state index in [1.807, 2.05) is 18.2 Å². The van der Waals surface area contributed by atoms with Crippen molar-refractivity contribution in [2.45, 2.75) is 24.8 Å². The van der Waals surface area contributed by atoms with Crippen molar-refractivity contribution in [2.24, 2.45) is 0 Å². The summed E-state index contributed by atoms with van der Waals surface area (Å²) < 4.78 is 0. The van der Waals surface area contributed by atoms with Gasteiger partial charge in [0, 0.05) is 0 Å². The van der Waals surface area contributed by atoms with Gasteiger partial charge >= 0.3 is 6.09 Å². The van der Waals surface area contributed by atoms with E-state index in [0.717, 1.165) is 24.8 Å². The van der Waals surface area contributed by atoms with Crippen LogP contribution < -0.4 is 5.32 Å². The molecule has 0 spiro atoms. The molecule has 1 aromatic carbocycles. The van der Waals surface area contributed by atoms with E-state index >= 15 is 0 Å². The van der Waals surface area contributed by atoms with Crippen molar-refractivity contribution in [1.82, 2.24) is 5.32 Å². The van der Waals surface area contributed by atoms with E-state index in [9.17, 15) is 4.79 Å². The largest absolute Gasteiger partial charge is 0.465 e. The van der Waals surface area contributed by atoms with E-state index in [-0.39, 0.29) is 0 Å². The van der Waals surface area contributed by atoms with Crippen LogP contribution in [0.1, 0.15) is 30.4 Å². The van der Waals surface area contributed by atoms with Crippen LogP contribution in [0, 0.1) is 11.3 Å². The second kappa shape index (κ2) is 3.86. The maximum absolute atomic E-state index is 10.7. The average molecular weight is 216 g/mol. The van der Waals surface area contributed by atoms with Crippen LogP contribution in [-0.4, -0.2) is 11.2 Å². The molecule has 4 heteroatoms. The number of hydrogen-bond donors (Lipinski definition) is 2. The molecule has 0 bridgehead atoms. The van der Waals surface area contributed by atoms with Crippen LogP contribution in [0.25, 0.3) is 0 Å². The zero-order chi connectivity index (χ0) is 11.6. The topological polar surface area (TPSA) is 73.1 Å². The minimum Gasteiger partial charge on any atom is -0.465 e. The van der Waals surface area contributed by atoms with Crippen molar-refractivity contribution in [1.29, 1.82) is 5.26 Å². The Balaban J connectivity index is 2.27. The first-order chi connectivity index (χ1) is 7.66. The van der Waals surface area contributed by atoms with Crippen molar-refractivity contribution in [3.8, 4) is 6.07 Å². The third kappa shape index (κ3) is 1.72. The summed E-state index contributed by atoms with van der Waals surface area (Å²) in [5, 5.41) is 20.1. The number of hydrogen-bond acceptors (Lipinski definition) is 2. The number of carboxylic acid groups (broad SMARTS) is 1. The fraction of sp³-hybridized carbons (Fsp3) is 0.333. The van der Waals surface area contributed by atoms with E-state index < -0.39 is 11.6 Å². The molecular weight excluding hydrogens is 204 g/mol. The van der Waals surface area contributed by atoms with Gasteiger partial charge in [-0.05, 0) is 37.0 Å². The number of amides is 1. The number of nitriles is 1. The Bertz CT molecular complexity index is 441. The molecule has 0 radical (unpaired) electrons. The summed E-state index contributed by atoms with van der Waals surface area (Å²) in [5.41, 5.74) is 1.11. The van der Waals surface area contributed by atoms with E-state index in [0.29, 0.717) is 5.56 Å². The van der Waals surface area contributed by atoms with Crippen molar-refractivity contribution < 1.29 is 9.90 Å². The molecule has 82 valence electrons. The maximum Gasteiger partial charge on any atom is 0.405 e. The molecule has 16 heavy (non-hydrogen) atoms. The summed E-state index contributed by atoms with van der Waals surface area (Å²) in [6.07, 6.45) is 1.68. The molecule has 0 saturated heterocycles. The second-order valence-electron chi connectivity index (χ2n) is 4.05. The summed E-state index contributed by atoms with van der Waals surface area (Å²) in [5.74, 6) is 0. The summed E-state index contributed by atoms with van der Waals surface area (Å²) >= 11 is 0. The minimum atomic E-state index is -0.996. The first-order valence-corrected chi connectivity index (χ1v) is 5.18. The van der Waals surface area contributed by atoms with Crippen molar-refractivity contribution in [3.63, 3.8) is 0 Å². The molecular formula is C12H12N2O2. The lowest BCUT2D eigenvalue weighted by Crippen LogP contribution is -2.50. The highest BCUT2D eigenvalue weighted by Crippen LogP contribution is 2.41. The predicted octanol–water partition coefficient (Wildman–Crippen LogP) is 2.21. The van der Waals surface area contributed by atoms with E-state index in [2.05, 4.69) is 5.32 Å². The minimum absolute atomic E-state index is 0.431. The van der Waals surface area contributed by atoms with E-state index in [4.69, 9.17) is 10.4 Å². The lowest BCUT2D eigenvalue weighted by atomic mass is 9.72. The average Bonchev–Trinajstić information content (AvgIpc) is 2.23. The zero-order valence-electron chi connectivity index (χ0n) is 8.73. The van der Waals surface area contributed by atoms with Crippen LogP contribution in [-0.2, 0) is 5.54 Å². The first-order valence-electron chi connectivity index (χ1n) is 5.18. The van der Waals surface area contributed by atoms with Crippen LogP contribution >= 0.6 is 0 Å². The summed E-state index contributed by atoms with van der Waals surface area (Å²) in [6, 6.07) is 9.14. The van der Waals surface area contributed by atoms with E-state index in [1.54, 1.807) is 12.1 Å². The van der Waals surface area contributed by atoms with Gasteiger partial charge in [-0.3, -0.25) is 0 Å². The molecule has 0 aliphatic heterocycles. The maximum atomic E-state index is 10.7. The number of nitrogens with one attached hydrogen (secondary N) is 1. The number of carbonyl (C=O) groups is 1. The highest BCUT2D eigenvalue weighted by molar-refractivity contribution is 5.66. The zero-order valence-corrected chi connectivity index (χ0v) is 8.73. The molecule has 2 N–H and O–H groups in total.